The molecule has 2 aromatic heterocycles. The molecule has 0 saturated heterocycles. The van der Waals surface area contributed by atoms with Gasteiger partial charge >= 0.3 is 0 Å². The lowest BCUT2D eigenvalue weighted by molar-refractivity contribution is 0.101. The van der Waals surface area contributed by atoms with Gasteiger partial charge in [-0.2, -0.15) is 0 Å². The maximum Gasteiger partial charge on any atom is 0.297 e. The normalized spacial score (nSPS) is 11.0. The maximum atomic E-state index is 12.8. The van der Waals surface area contributed by atoms with Crippen molar-refractivity contribution in [1.82, 2.24) is 25.0 Å². The van der Waals surface area contributed by atoms with Crippen LogP contribution >= 0.6 is 11.3 Å². The van der Waals surface area contributed by atoms with Crippen LogP contribution in [0.4, 0.5) is 5.13 Å². The van der Waals surface area contributed by atoms with Gasteiger partial charge in [-0.1, -0.05) is 73.7 Å². The van der Waals surface area contributed by atoms with Crippen molar-refractivity contribution in [3.63, 3.8) is 0 Å². The number of hydrogen-bond acceptors (Lipinski definition) is 6. The molecule has 4 aromatic rings. The number of nitrogens with one attached hydrogen (secondary N) is 1. The summed E-state index contributed by atoms with van der Waals surface area (Å²) in [6.45, 7) is 4.23. The van der Waals surface area contributed by atoms with Crippen molar-refractivity contribution in [2.24, 2.45) is 5.92 Å². The minimum Gasteiger partial charge on any atom is -0.294 e. The van der Waals surface area contributed by atoms with Gasteiger partial charge in [-0.05, 0) is 18.1 Å². The number of hydrogen-bond donors (Lipinski definition) is 1. The summed E-state index contributed by atoms with van der Waals surface area (Å²) in [4.78, 5) is 17.3. The van der Waals surface area contributed by atoms with Crippen LogP contribution < -0.4 is 5.32 Å². The van der Waals surface area contributed by atoms with Crippen molar-refractivity contribution < 1.29 is 4.79 Å². The Balaban J connectivity index is 1.65. The van der Waals surface area contributed by atoms with Crippen molar-refractivity contribution >= 4 is 22.4 Å². The van der Waals surface area contributed by atoms with E-state index >= 15 is 0 Å². The second-order valence-electron chi connectivity index (χ2n) is 6.93. The molecule has 0 aliphatic rings. The molecule has 0 unspecified atom stereocenters. The zero-order valence-electron chi connectivity index (χ0n) is 16.1. The highest BCUT2D eigenvalue weighted by molar-refractivity contribution is 7.15. The highest BCUT2D eigenvalue weighted by Crippen LogP contribution is 2.22. The third kappa shape index (κ3) is 4.38. The average molecular weight is 404 g/mol. The van der Waals surface area contributed by atoms with Crippen LogP contribution in [0.5, 0.6) is 0 Å². The van der Waals surface area contributed by atoms with E-state index in [1.807, 2.05) is 60.7 Å². The van der Waals surface area contributed by atoms with E-state index in [4.69, 9.17) is 0 Å². The third-order valence-corrected chi connectivity index (χ3v) is 4.97. The number of carbonyl (C=O) groups excluding carboxylic acids is 1. The first-order valence-electron chi connectivity index (χ1n) is 9.32. The molecule has 0 aliphatic carbocycles. The summed E-state index contributed by atoms with van der Waals surface area (Å²) in [5.41, 5.74) is 1.70. The van der Waals surface area contributed by atoms with Gasteiger partial charge in [0.15, 0.2) is 5.82 Å². The first-order chi connectivity index (χ1) is 14.1. The molecule has 0 saturated carbocycles. The molecule has 2 aromatic carbocycles. The summed E-state index contributed by atoms with van der Waals surface area (Å²) in [5.74, 6) is 0.736. The van der Waals surface area contributed by atoms with E-state index in [1.165, 1.54) is 11.3 Å². The standard InChI is InChI=1S/C21H20N6OS/c1-14(2)13-17-24-25-21(29-17)23-20(28)18-22-19(15-9-5-3-6-10-15)27(26-18)16-11-7-4-8-12-16/h3-12,14H,13H2,1-2H3,(H,23,25,28). The second-order valence-corrected chi connectivity index (χ2v) is 7.99. The van der Waals surface area contributed by atoms with Crippen LogP contribution in [0.2, 0.25) is 0 Å². The first kappa shape index (κ1) is 18.9. The molecule has 0 bridgehead atoms. The van der Waals surface area contributed by atoms with Crippen LogP contribution in [-0.2, 0) is 6.42 Å². The predicted molar refractivity (Wildman–Crippen MR) is 113 cm³/mol. The number of benzene rings is 2. The molecule has 0 aliphatic heterocycles. The summed E-state index contributed by atoms with van der Waals surface area (Å²) < 4.78 is 1.68. The average Bonchev–Trinajstić information content (AvgIpc) is 3.36. The molecule has 0 fully saturated rings. The Hall–Kier alpha value is -3.39. The monoisotopic (exact) mass is 404 g/mol. The van der Waals surface area contributed by atoms with Gasteiger partial charge < -0.3 is 0 Å². The number of para-hydroxylation sites is 1. The molecular weight excluding hydrogens is 384 g/mol. The van der Waals surface area contributed by atoms with Gasteiger partial charge in [-0.3, -0.25) is 10.1 Å². The van der Waals surface area contributed by atoms with Gasteiger partial charge in [0.25, 0.3) is 5.91 Å². The number of rotatable bonds is 6. The molecule has 0 radical (unpaired) electrons. The van der Waals surface area contributed by atoms with E-state index in [1.54, 1.807) is 4.68 Å². The molecule has 8 heteroatoms. The number of amides is 1. The van der Waals surface area contributed by atoms with Gasteiger partial charge in [0.05, 0.1) is 5.69 Å². The van der Waals surface area contributed by atoms with Crippen LogP contribution in [0, 0.1) is 5.92 Å². The third-order valence-electron chi connectivity index (χ3n) is 4.11. The number of anilines is 1. The maximum absolute atomic E-state index is 12.8. The highest BCUT2D eigenvalue weighted by atomic mass is 32.1. The molecule has 1 N–H and O–H groups in total. The number of aromatic nitrogens is 5. The zero-order valence-corrected chi connectivity index (χ0v) is 16.9. The molecular formula is C21H20N6OS. The van der Waals surface area contributed by atoms with E-state index in [2.05, 4.69) is 39.4 Å². The largest absolute Gasteiger partial charge is 0.297 e. The fourth-order valence-corrected chi connectivity index (χ4v) is 3.77. The quantitative estimate of drug-likeness (QED) is 0.520. The minimum absolute atomic E-state index is 0.0771. The predicted octanol–water partition coefficient (Wildman–Crippen LogP) is 4.24. The Morgan fingerprint density at radius 1 is 1.03 bits per heavy atom. The summed E-state index contributed by atoms with van der Waals surface area (Å²) in [7, 11) is 0. The van der Waals surface area contributed by atoms with Crippen molar-refractivity contribution in [2.45, 2.75) is 20.3 Å². The van der Waals surface area contributed by atoms with Gasteiger partial charge in [-0.25, -0.2) is 9.67 Å². The van der Waals surface area contributed by atoms with Crippen molar-refractivity contribution in [3.8, 4) is 17.1 Å². The Bertz CT molecular complexity index is 1050. The molecule has 1 amide bonds. The van der Waals surface area contributed by atoms with Gasteiger partial charge in [-0.15, -0.1) is 15.3 Å². The van der Waals surface area contributed by atoms with Crippen LogP contribution in [0.3, 0.4) is 0 Å². The molecule has 146 valence electrons. The summed E-state index contributed by atoms with van der Waals surface area (Å²) in [6, 6.07) is 19.3. The van der Waals surface area contributed by atoms with Gasteiger partial charge in [0.1, 0.15) is 5.01 Å². The van der Waals surface area contributed by atoms with Crippen molar-refractivity contribution in [2.75, 3.05) is 5.32 Å². The van der Waals surface area contributed by atoms with Crippen LogP contribution in [0.25, 0.3) is 17.1 Å². The fourth-order valence-electron chi connectivity index (χ4n) is 2.82. The summed E-state index contributed by atoms with van der Waals surface area (Å²) >= 11 is 1.37. The summed E-state index contributed by atoms with van der Waals surface area (Å²) in [6.07, 6.45) is 0.826. The van der Waals surface area contributed by atoms with Crippen LogP contribution in [0.15, 0.2) is 60.7 Å². The first-order valence-corrected chi connectivity index (χ1v) is 10.1. The molecule has 7 nitrogen and oxygen atoms in total. The Kier molecular flexibility index (Phi) is 5.44. The fraction of sp³-hybridized carbons (Fsp3) is 0.190. The van der Waals surface area contributed by atoms with Gasteiger partial charge in [0.2, 0.25) is 11.0 Å². The number of nitrogens with zero attached hydrogens (tertiary/aromatic N) is 5. The van der Waals surface area contributed by atoms with Crippen molar-refractivity contribution in [1.29, 1.82) is 0 Å². The Morgan fingerprint density at radius 2 is 1.72 bits per heavy atom. The second kappa shape index (κ2) is 8.32. The highest BCUT2D eigenvalue weighted by Gasteiger charge is 2.20. The lowest BCUT2D eigenvalue weighted by Crippen LogP contribution is -2.14. The zero-order chi connectivity index (χ0) is 20.2. The molecule has 2 heterocycles. The van der Waals surface area contributed by atoms with Gasteiger partial charge in [0, 0.05) is 12.0 Å². The minimum atomic E-state index is -0.413. The smallest absolute Gasteiger partial charge is 0.294 e. The molecule has 0 atom stereocenters. The topological polar surface area (TPSA) is 85.6 Å². The lowest BCUT2D eigenvalue weighted by atomic mass is 10.1. The van der Waals surface area contributed by atoms with E-state index in [0.717, 1.165) is 22.7 Å². The molecule has 0 spiro atoms. The Labute approximate surface area is 172 Å². The van der Waals surface area contributed by atoms with Crippen molar-refractivity contribution in [3.05, 3.63) is 71.5 Å². The summed E-state index contributed by atoms with van der Waals surface area (Å²) in [5, 5.41) is 16.7. The van der Waals surface area contributed by atoms with E-state index < -0.39 is 5.91 Å². The SMILES string of the molecule is CC(C)Cc1nnc(NC(=O)c2nc(-c3ccccc3)n(-c3ccccc3)n2)s1. The van der Waals surface area contributed by atoms with Crippen LogP contribution in [-0.4, -0.2) is 30.9 Å². The molecule has 29 heavy (non-hydrogen) atoms. The lowest BCUT2D eigenvalue weighted by Gasteiger charge is -2.05. The van der Waals surface area contributed by atoms with E-state index in [-0.39, 0.29) is 5.82 Å². The number of carbonyl (C=O) groups is 1. The Morgan fingerprint density at radius 3 is 2.41 bits per heavy atom. The van der Waals surface area contributed by atoms with Crippen LogP contribution in [0.1, 0.15) is 29.5 Å². The van der Waals surface area contributed by atoms with E-state index in [9.17, 15) is 4.79 Å². The van der Waals surface area contributed by atoms with E-state index in [0.29, 0.717) is 16.9 Å². The molecule has 4 rings (SSSR count).